The maximum absolute atomic E-state index is 13.6. The van der Waals surface area contributed by atoms with Gasteiger partial charge in [-0.2, -0.15) is 5.26 Å². The molecule has 0 bridgehead atoms. The lowest BCUT2D eigenvalue weighted by Gasteiger charge is -2.28. The highest BCUT2D eigenvalue weighted by Gasteiger charge is 2.31. The van der Waals surface area contributed by atoms with E-state index in [0.29, 0.717) is 0 Å². The summed E-state index contributed by atoms with van der Waals surface area (Å²) >= 11 is 0. The topological polar surface area (TPSA) is 62.5 Å². The van der Waals surface area contributed by atoms with Crippen molar-refractivity contribution >= 4 is 0 Å². The Kier molecular flexibility index (Phi) is 4.30. The van der Waals surface area contributed by atoms with Crippen LogP contribution in [0.25, 0.3) is 0 Å². The van der Waals surface area contributed by atoms with Crippen molar-refractivity contribution in [2.75, 3.05) is 19.8 Å². The Balaban J connectivity index is 2.17. The second kappa shape index (κ2) is 5.95. The first-order valence-electron chi connectivity index (χ1n) is 5.89. The number of hydrogen-bond acceptors (Lipinski definition) is 4. The molecule has 0 aliphatic carbocycles. The lowest BCUT2D eigenvalue weighted by atomic mass is 9.92. The van der Waals surface area contributed by atoms with Crippen molar-refractivity contribution in [3.05, 3.63) is 29.3 Å². The summed E-state index contributed by atoms with van der Waals surface area (Å²) in [6.07, 6.45) is -0.647. The highest BCUT2D eigenvalue weighted by Crippen LogP contribution is 2.33. The van der Waals surface area contributed by atoms with Crippen LogP contribution in [-0.2, 0) is 11.2 Å². The van der Waals surface area contributed by atoms with E-state index in [1.165, 1.54) is 0 Å². The summed E-state index contributed by atoms with van der Waals surface area (Å²) in [6.45, 7) is -0.102. The molecule has 0 aromatic heterocycles. The van der Waals surface area contributed by atoms with Crippen molar-refractivity contribution in [2.45, 2.75) is 12.5 Å². The van der Waals surface area contributed by atoms with Crippen molar-refractivity contribution in [1.82, 2.24) is 0 Å². The quantitative estimate of drug-likeness (QED) is 0.898. The summed E-state index contributed by atoms with van der Waals surface area (Å²) < 4.78 is 37.4. The maximum Gasteiger partial charge on any atom is 0.165 e. The number of hydrogen-bond donors (Lipinski definition) is 1. The van der Waals surface area contributed by atoms with Gasteiger partial charge in [0.05, 0.1) is 25.9 Å². The molecular weight excluding hydrogens is 256 g/mol. The molecule has 0 amide bonds. The maximum atomic E-state index is 13.6. The molecule has 1 heterocycles. The van der Waals surface area contributed by atoms with Crippen molar-refractivity contribution < 1.29 is 23.4 Å². The van der Waals surface area contributed by atoms with Crippen molar-refractivity contribution in [1.29, 1.82) is 5.26 Å². The third-order valence-electron chi connectivity index (χ3n) is 3.01. The van der Waals surface area contributed by atoms with Gasteiger partial charge in [0.2, 0.25) is 0 Å². The van der Waals surface area contributed by atoms with E-state index >= 15 is 0 Å². The number of aliphatic hydroxyl groups excluding tert-OH is 1. The number of halogens is 2. The molecule has 1 N–H and O–H groups in total. The average Bonchev–Trinajstić information content (AvgIpc) is 2.44. The molecule has 1 aromatic rings. The third-order valence-corrected chi connectivity index (χ3v) is 3.01. The van der Waals surface area contributed by atoms with Crippen LogP contribution in [0, 0.1) is 28.9 Å². The lowest BCUT2D eigenvalue weighted by Crippen LogP contribution is -2.34. The van der Waals surface area contributed by atoms with Crippen LogP contribution in [0.4, 0.5) is 8.78 Å². The summed E-state index contributed by atoms with van der Waals surface area (Å²) in [5, 5.41) is 17.7. The Morgan fingerprint density at radius 3 is 2.89 bits per heavy atom. The number of nitrogens with zero attached hydrogens (tertiary/aromatic N) is 1. The van der Waals surface area contributed by atoms with Crippen LogP contribution in [0.5, 0.6) is 5.75 Å². The summed E-state index contributed by atoms with van der Waals surface area (Å²) in [5.41, 5.74) is 0.129. The molecular formula is C13H13F2NO3. The van der Waals surface area contributed by atoms with Crippen LogP contribution in [0.1, 0.15) is 5.56 Å². The first kappa shape index (κ1) is 13.7. The summed E-state index contributed by atoms with van der Waals surface area (Å²) in [6, 6.07) is 3.99. The molecule has 1 aromatic carbocycles. The molecule has 4 nitrogen and oxygen atoms in total. The van der Waals surface area contributed by atoms with Crippen LogP contribution in [0.3, 0.4) is 0 Å². The first-order chi connectivity index (χ1) is 9.17. The molecule has 102 valence electrons. The summed E-state index contributed by atoms with van der Waals surface area (Å²) in [4.78, 5) is 0. The molecule has 19 heavy (non-hydrogen) atoms. The minimum Gasteiger partial charge on any atom is -0.490 e. The van der Waals surface area contributed by atoms with Gasteiger partial charge in [-0.05, 0) is 18.6 Å². The molecule has 1 aliphatic rings. The van der Waals surface area contributed by atoms with Crippen LogP contribution in [-0.4, -0.2) is 31.0 Å². The molecule has 2 rings (SSSR count). The predicted molar refractivity (Wildman–Crippen MR) is 61.5 cm³/mol. The predicted octanol–water partition coefficient (Wildman–Crippen LogP) is 1.42. The Morgan fingerprint density at radius 2 is 2.21 bits per heavy atom. The zero-order chi connectivity index (χ0) is 13.8. The lowest BCUT2D eigenvalue weighted by molar-refractivity contribution is 0.00825. The molecule has 2 atom stereocenters. The molecule has 0 saturated heterocycles. The monoisotopic (exact) mass is 269 g/mol. The zero-order valence-corrected chi connectivity index (χ0v) is 10.1. The minimum atomic E-state index is -0.817. The normalized spacial score (nSPS) is 19.2. The van der Waals surface area contributed by atoms with Gasteiger partial charge in [0, 0.05) is 11.5 Å². The van der Waals surface area contributed by atoms with Gasteiger partial charge in [-0.1, -0.05) is 0 Å². The average molecular weight is 269 g/mol. The Bertz CT molecular complexity index is 501. The van der Waals surface area contributed by atoms with Gasteiger partial charge in [-0.25, -0.2) is 8.78 Å². The molecule has 6 heteroatoms. The number of benzene rings is 1. The van der Waals surface area contributed by atoms with Crippen LogP contribution in [0.2, 0.25) is 0 Å². The molecule has 0 saturated carbocycles. The zero-order valence-electron chi connectivity index (χ0n) is 10.1. The molecule has 0 unspecified atom stereocenters. The van der Waals surface area contributed by atoms with Crippen LogP contribution >= 0.6 is 0 Å². The Hall–Kier alpha value is -1.71. The molecule has 0 radical (unpaired) electrons. The second-order valence-electron chi connectivity index (χ2n) is 4.26. The van der Waals surface area contributed by atoms with Gasteiger partial charge in [0.15, 0.2) is 11.6 Å². The van der Waals surface area contributed by atoms with Gasteiger partial charge < -0.3 is 14.6 Å². The molecule has 0 fully saturated rings. The van der Waals surface area contributed by atoms with E-state index in [1.807, 2.05) is 6.07 Å². The Morgan fingerprint density at radius 1 is 1.47 bits per heavy atom. The van der Waals surface area contributed by atoms with Crippen molar-refractivity contribution in [3.8, 4) is 11.8 Å². The molecule has 1 aliphatic heterocycles. The van der Waals surface area contributed by atoms with Crippen molar-refractivity contribution in [3.63, 3.8) is 0 Å². The van der Waals surface area contributed by atoms with E-state index in [0.717, 1.165) is 12.1 Å². The van der Waals surface area contributed by atoms with Crippen LogP contribution < -0.4 is 4.74 Å². The fourth-order valence-corrected chi connectivity index (χ4v) is 2.09. The van der Waals surface area contributed by atoms with Gasteiger partial charge >= 0.3 is 0 Å². The number of nitriles is 1. The number of ether oxygens (including phenoxy) is 2. The molecule has 0 spiro atoms. The van der Waals surface area contributed by atoms with Gasteiger partial charge in [-0.15, -0.1) is 0 Å². The fraction of sp³-hybridized carbons (Fsp3) is 0.462. The van der Waals surface area contributed by atoms with E-state index in [4.69, 9.17) is 19.8 Å². The highest BCUT2D eigenvalue weighted by molar-refractivity contribution is 5.38. The van der Waals surface area contributed by atoms with E-state index < -0.39 is 17.7 Å². The number of fused-ring (bicyclic) bond motifs is 1. The highest BCUT2D eigenvalue weighted by atomic mass is 19.1. The number of rotatable bonds is 4. The minimum absolute atomic E-state index is 0.0210. The van der Waals surface area contributed by atoms with Gasteiger partial charge in [0.25, 0.3) is 0 Å². The van der Waals surface area contributed by atoms with E-state index in [2.05, 4.69) is 0 Å². The first-order valence-corrected chi connectivity index (χ1v) is 5.89. The van der Waals surface area contributed by atoms with Crippen molar-refractivity contribution in [2.24, 2.45) is 5.92 Å². The van der Waals surface area contributed by atoms with Gasteiger partial charge in [-0.3, -0.25) is 0 Å². The van der Waals surface area contributed by atoms with E-state index in [1.54, 1.807) is 0 Å². The van der Waals surface area contributed by atoms with Gasteiger partial charge in [0.1, 0.15) is 11.9 Å². The van der Waals surface area contributed by atoms with E-state index in [-0.39, 0.29) is 43.5 Å². The van der Waals surface area contributed by atoms with Crippen LogP contribution in [0.15, 0.2) is 12.1 Å². The summed E-state index contributed by atoms with van der Waals surface area (Å²) in [5.74, 6) is -1.64. The second-order valence-corrected chi connectivity index (χ2v) is 4.26. The Labute approximate surface area is 109 Å². The third kappa shape index (κ3) is 2.83. The van der Waals surface area contributed by atoms with E-state index in [9.17, 15) is 8.78 Å². The summed E-state index contributed by atoms with van der Waals surface area (Å²) in [7, 11) is 0. The standard InChI is InChI=1S/C13H13F2NO3/c14-10-1-2-11(15)13-9(10)5-8(7-19-13)12(6-16)18-4-3-17/h1-2,8,12,17H,3-5,7H2/t8-,12+/m0/s1. The largest absolute Gasteiger partial charge is 0.490 e. The fourth-order valence-electron chi connectivity index (χ4n) is 2.09. The smallest absolute Gasteiger partial charge is 0.165 e. The number of aliphatic hydroxyl groups is 1. The SMILES string of the molecule is N#C[C@@H](OCCO)[C@@H]1COc2c(F)ccc(F)c2C1.